The first kappa shape index (κ1) is 12.2. The zero-order valence-corrected chi connectivity index (χ0v) is 11.3. The molecule has 3 rings (SSSR count). The van der Waals surface area contributed by atoms with Crippen LogP contribution in [0.3, 0.4) is 0 Å². The van der Waals surface area contributed by atoms with E-state index in [1.54, 1.807) is 0 Å². The monoisotopic (exact) mass is 244 g/mol. The van der Waals surface area contributed by atoms with E-state index in [1.165, 1.54) is 43.4 Å². The van der Waals surface area contributed by atoms with E-state index in [2.05, 4.69) is 36.1 Å². The molecule has 0 bridgehead atoms. The van der Waals surface area contributed by atoms with Crippen molar-refractivity contribution in [3.63, 3.8) is 0 Å². The van der Waals surface area contributed by atoms with Gasteiger partial charge in [0.15, 0.2) is 0 Å². The lowest BCUT2D eigenvalue weighted by molar-refractivity contribution is 0.237. The summed E-state index contributed by atoms with van der Waals surface area (Å²) in [6.07, 6.45) is 5.63. The zero-order valence-electron chi connectivity index (χ0n) is 11.3. The van der Waals surface area contributed by atoms with Crippen molar-refractivity contribution in [1.29, 1.82) is 0 Å². The number of nitrogens with zero attached hydrogens (tertiary/aromatic N) is 1. The van der Waals surface area contributed by atoms with Gasteiger partial charge in [0.05, 0.1) is 0 Å². The Morgan fingerprint density at radius 1 is 1.17 bits per heavy atom. The average molecular weight is 244 g/mol. The number of aryl methyl sites for hydroxylation is 1. The first-order chi connectivity index (χ1) is 8.72. The Labute approximate surface area is 110 Å². The molecule has 0 aromatic heterocycles. The van der Waals surface area contributed by atoms with Crippen LogP contribution in [-0.2, 0) is 0 Å². The molecule has 0 saturated heterocycles. The topological polar surface area (TPSA) is 29.3 Å². The molecule has 0 amide bonds. The van der Waals surface area contributed by atoms with Crippen molar-refractivity contribution in [2.75, 3.05) is 13.1 Å². The highest BCUT2D eigenvalue weighted by Gasteiger charge is 2.34. The Morgan fingerprint density at radius 2 is 1.83 bits per heavy atom. The normalized spacial score (nSPS) is 21.3. The summed E-state index contributed by atoms with van der Waals surface area (Å²) in [6, 6.07) is 9.70. The highest BCUT2D eigenvalue weighted by atomic mass is 15.2. The molecular weight excluding hydrogens is 220 g/mol. The lowest BCUT2D eigenvalue weighted by Crippen LogP contribution is -2.35. The third kappa shape index (κ3) is 3.12. The maximum atomic E-state index is 6.37. The van der Waals surface area contributed by atoms with Crippen LogP contribution in [0.25, 0.3) is 0 Å². The van der Waals surface area contributed by atoms with Crippen molar-refractivity contribution >= 4 is 0 Å². The van der Waals surface area contributed by atoms with Gasteiger partial charge in [0.2, 0.25) is 0 Å². The molecule has 1 unspecified atom stereocenters. The molecule has 2 aliphatic carbocycles. The maximum absolute atomic E-state index is 6.37. The van der Waals surface area contributed by atoms with Crippen LogP contribution in [-0.4, -0.2) is 24.0 Å². The first-order valence-corrected chi connectivity index (χ1v) is 7.28. The minimum atomic E-state index is 0.171. The van der Waals surface area contributed by atoms with Crippen molar-refractivity contribution in [2.45, 2.75) is 44.7 Å². The van der Waals surface area contributed by atoms with Crippen LogP contribution in [0.2, 0.25) is 0 Å². The van der Waals surface area contributed by atoms with Gasteiger partial charge in [-0.3, -0.25) is 4.90 Å². The van der Waals surface area contributed by atoms with E-state index in [9.17, 15) is 0 Å². The van der Waals surface area contributed by atoms with Crippen LogP contribution in [0.4, 0.5) is 0 Å². The van der Waals surface area contributed by atoms with Gasteiger partial charge in [-0.1, -0.05) is 29.8 Å². The van der Waals surface area contributed by atoms with Crippen LogP contribution in [0.5, 0.6) is 0 Å². The van der Waals surface area contributed by atoms with E-state index < -0.39 is 0 Å². The second-order valence-corrected chi connectivity index (χ2v) is 6.15. The number of hydrogen-bond acceptors (Lipinski definition) is 2. The molecular formula is C16H24N2. The largest absolute Gasteiger partial charge is 0.323 e. The third-order valence-corrected chi connectivity index (χ3v) is 4.19. The molecule has 2 aliphatic rings. The van der Waals surface area contributed by atoms with Gasteiger partial charge < -0.3 is 5.73 Å². The minimum absolute atomic E-state index is 0.171. The maximum Gasteiger partial charge on any atom is 0.0424 e. The zero-order chi connectivity index (χ0) is 12.5. The Morgan fingerprint density at radius 3 is 2.39 bits per heavy atom. The quantitative estimate of drug-likeness (QED) is 0.833. The molecule has 0 heterocycles. The summed E-state index contributed by atoms with van der Waals surface area (Å²) < 4.78 is 0. The van der Waals surface area contributed by atoms with Crippen LogP contribution in [0, 0.1) is 12.8 Å². The minimum Gasteiger partial charge on any atom is -0.323 e. The van der Waals surface area contributed by atoms with Crippen molar-refractivity contribution < 1.29 is 0 Å². The summed E-state index contributed by atoms with van der Waals surface area (Å²) in [4.78, 5) is 2.64. The molecule has 98 valence electrons. The molecule has 2 N–H and O–H groups in total. The van der Waals surface area contributed by atoms with Gasteiger partial charge in [0.1, 0.15) is 0 Å². The number of benzene rings is 1. The van der Waals surface area contributed by atoms with Gasteiger partial charge in [0.25, 0.3) is 0 Å². The van der Waals surface area contributed by atoms with Crippen LogP contribution >= 0.6 is 0 Å². The van der Waals surface area contributed by atoms with E-state index in [-0.39, 0.29) is 6.04 Å². The molecule has 2 nitrogen and oxygen atoms in total. The third-order valence-electron chi connectivity index (χ3n) is 4.19. The van der Waals surface area contributed by atoms with Gasteiger partial charge in [-0.15, -0.1) is 0 Å². The Hall–Kier alpha value is -0.860. The summed E-state index contributed by atoms with van der Waals surface area (Å²) >= 11 is 0. The van der Waals surface area contributed by atoms with Crippen LogP contribution in [0.1, 0.15) is 42.9 Å². The lowest BCUT2D eigenvalue weighted by Gasteiger charge is -2.25. The Bertz CT molecular complexity index is 390. The van der Waals surface area contributed by atoms with Crippen molar-refractivity contribution in [3.05, 3.63) is 35.4 Å². The van der Waals surface area contributed by atoms with E-state index in [0.717, 1.165) is 18.5 Å². The number of nitrogens with two attached hydrogens (primary N) is 1. The van der Waals surface area contributed by atoms with Gasteiger partial charge in [0, 0.05) is 25.2 Å². The van der Waals surface area contributed by atoms with E-state index >= 15 is 0 Å². The predicted molar refractivity (Wildman–Crippen MR) is 75.4 cm³/mol. The van der Waals surface area contributed by atoms with Crippen LogP contribution in [0.15, 0.2) is 24.3 Å². The molecule has 0 spiro atoms. The van der Waals surface area contributed by atoms with Crippen molar-refractivity contribution in [3.8, 4) is 0 Å². The number of hydrogen-bond donors (Lipinski definition) is 1. The van der Waals surface area contributed by atoms with Gasteiger partial charge >= 0.3 is 0 Å². The van der Waals surface area contributed by atoms with Gasteiger partial charge in [-0.2, -0.15) is 0 Å². The molecule has 18 heavy (non-hydrogen) atoms. The highest BCUT2D eigenvalue weighted by molar-refractivity contribution is 5.24. The lowest BCUT2D eigenvalue weighted by atomic mass is 10.1. The fourth-order valence-corrected chi connectivity index (χ4v) is 2.62. The fraction of sp³-hybridized carbons (Fsp3) is 0.625. The molecule has 1 atom stereocenters. The van der Waals surface area contributed by atoms with E-state index in [0.29, 0.717) is 0 Å². The summed E-state index contributed by atoms with van der Waals surface area (Å²) in [5, 5.41) is 0. The van der Waals surface area contributed by atoms with Gasteiger partial charge in [-0.05, 0) is 44.1 Å². The SMILES string of the molecule is Cc1ccc(C(N)CN(CC2CC2)C2CC2)cc1. The molecule has 1 aromatic carbocycles. The molecule has 2 heteroatoms. The molecule has 1 aromatic rings. The summed E-state index contributed by atoms with van der Waals surface area (Å²) in [5.41, 5.74) is 8.95. The summed E-state index contributed by atoms with van der Waals surface area (Å²) in [6.45, 7) is 4.44. The molecule has 0 radical (unpaired) electrons. The Kier molecular flexibility index (Phi) is 3.40. The second kappa shape index (κ2) is 5.02. The first-order valence-electron chi connectivity index (χ1n) is 7.28. The average Bonchev–Trinajstić information content (AvgIpc) is 3.23. The predicted octanol–water partition coefficient (Wildman–Crippen LogP) is 2.87. The van der Waals surface area contributed by atoms with Crippen LogP contribution < -0.4 is 5.73 Å². The number of rotatable bonds is 6. The van der Waals surface area contributed by atoms with Crippen molar-refractivity contribution in [2.24, 2.45) is 11.7 Å². The standard InChI is InChI=1S/C16H24N2/c1-12-2-6-14(7-3-12)16(17)11-18(15-8-9-15)10-13-4-5-13/h2-3,6-7,13,15-16H,4-5,8-11,17H2,1H3. The highest BCUT2D eigenvalue weighted by Crippen LogP contribution is 2.35. The van der Waals surface area contributed by atoms with E-state index in [4.69, 9.17) is 5.73 Å². The van der Waals surface area contributed by atoms with Crippen molar-refractivity contribution in [1.82, 2.24) is 4.90 Å². The molecule has 2 saturated carbocycles. The molecule has 2 fully saturated rings. The molecule has 0 aliphatic heterocycles. The van der Waals surface area contributed by atoms with E-state index in [1.807, 2.05) is 0 Å². The smallest absolute Gasteiger partial charge is 0.0424 e. The second-order valence-electron chi connectivity index (χ2n) is 6.15. The summed E-state index contributed by atoms with van der Waals surface area (Å²) in [5.74, 6) is 0.968. The fourth-order valence-electron chi connectivity index (χ4n) is 2.62. The van der Waals surface area contributed by atoms with Gasteiger partial charge in [-0.25, -0.2) is 0 Å². The Balaban J connectivity index is 1.60. The summed E-state index contributed by atoms with van der Waals surface area (Å²) in [7, 11) is 0.